The van der Waals surface area contributed by atoms with Crippen molar-refractivity contribution in [2.75, 3.05) is 0 Å². The SMILES string of the molecule is CC(=O)C1CCCCC1=O.[Zr]. The first-order valence-electron chi connectivity index (χ1n) is 3.75. The number of hydrogen-bond acceptors (Lipinski definition) is 2. The van der Waals surface area contributed by atoms with Gasteiger partial charge in [0, 0.05) is 32.6 Å². The molecule has 0 amide bonds. The third-order valence-corrected chi connectivity index (χ3v) is 2.05. The molecule has 0 radical (unpaired) electrons. The summed E-state index contributed by atoms with van der Waals surface area (Å²) in [6.45, 7) is 1.51. The minimum atomic E-state index is -0.256. The molecule has 11 heavy (non-hydrogen) atoms. The van der Waals surface area contributed by atoms with E-state index in [-0.39, 0.29) is 43.7 Å². The number of rotatable bonds is 1. The second-order valence-electron chi connectivity index (χ2n) is 2.88. The van der Waals surface area contributed by atoms with Crippen LogP contribution in [-0.2, 0) is 35.8 Å². The van der Waals surface area contributed by atoms with Gasteiger partial charge in [0.05, 0.1) is 5.92 Å². The van der Waals surface area contributed by atoms with E-state index >= 15 is 0 Å². The number of hydrogen-bond donors (Lipinski definition) is 0. The Hall–Kier alpha value is 0.223. The van der Waals surface area contributed by atoms with Crippen molar-refractivity contribution < 1.29 is 35.8 Å². The molecule has 0 spiro atoms. The monoisotopic (exact) mass is 230 g/mol. The van der Waals surface area contributed by atoms with Crippen molar-refractivity contribution in [2.24, 2.45) is 5.92 Å². The van der Waals surface area contributed by atoms with Gasteiger partial charge >= 0.3 is 0 Å². The first-order chi connectivity index (χ1) is 4.72. The van der Waals surface area contributed by atoms with Gasteiger partial charge in [0.15, 0.2) is 0 Å². The van der Waals surface area contributed by atoms with Gasteiger partial charge in [0.1, 0.15) is 11.6 Å². The molecule has 0 bridgehead atoms. The van der Waals surface area contributed by atoms with Crippen LogP contribution in [0.15, 0.2) is 0 Å². The Labute approximate surface area is 85.9 Å². The normalized spacial score (nSPS) is 24.1. The van der Waals surface area contributed by atoms with Crippen LogP contribution in [0, 0.1) is 5.92 Å². The molecule has 0 aromatic rings. The minimum Gasteiger partial charge on any atom is -0.299 e. The standard InChI is InChI=1S/C8H12O2.Zr/c1-6(9)7-4-2-3-5-8(7)10;/h7H,2-5H2,1H3;. The fourth-order valence-electron chi connectivity index (χ4n) is 1.41. The maximum absolute atomic E-state index is 11.0. The zero-order chi connectivity index (χ0) is 7.56. The summed E-state index contributed by atoms with van der Waals surface area (Å²) in [5.74, 6) is -0.0581. The Bertz CT molecular complexity index is 165. The van der Waals surface area contributed by atoms with Gasteiger partial charge in [-0.15, -0.1) is 0 Å². The third kappa shape index (κ3) is 2.98. The predicted octanol–water partition coefficient (Wildman–Crippen LogP) is 1.33. The topological polar surface area (TPSA) is 34.1 Å². The van der Waals surface area contributed by atoms with Crippen molar-refractivity contribution in [3.05, 3.63) is 0 Å². The first-order valence-corrected chi connectivity index (χ1v) is 3.75. The maximum Gasteiger partial charge on any atom is 0.143 e. The fourth-order valence-corrected chi connectivity index (χ4v) is 1.41. The van der Waals surface area contributed by atoms with E-state index in [2.05, 4.69) is 0 Å². The van der Waals surface area contributed by atoms with Crippen LogP contribution in [0.5, 0.6) is 0 Å². The molecule has 0 N–H and O–H groups in total. The van der Waals surface area contributed by atoms with Gasteiger partial charge in [0.25, 0.3) is 0 Å². The molecule has 1 fully saturated rings. The molecule has 60 valence electrons. The maximum atomic E-state index is 11.0. The van der Waals surface area contributed by atoms with E-state index in [1.165, 1.54) is 6.92 Å². The second-order valence-corrected chi connectivity index (χ2v) is 2.88. The molecule has 0 aromatic carbocycles. The summed E-state index contributed by atoms with van der Waals surface area (Å²) in [4.78, 5) is 21.8. The van der Waals surface area contributed by atoms with Crippen molar-refractivity contribution in [1.82, 2.24) is 0 Å². The van der Waals surface area contributed by atoms with Crippen LogP contribution in [0.2, 0.25) is 0 Å². The van der Waals surface area contributed by atoms with Crippen molar-refractivity contribution in [3.8, 4) is 0 Å². The average molecular weight is 231 g/mol. The van der Waals surface area contributed by atoms with Crippen LogP contribution in [0.3, 0.4) is 0 Å². The van der Waals surface area contributed by atoms with E-state index in [0.717, 1.165) is 19.3 Å². The van der Waals surface area contributed by atoms with E-state index in [1.54, 1.807) is 0 Å². The summed E-state index contributed by atoms with van der Waals surface area (Å²) in [5, 5.41) is 0. The van der Waals surface area contributed by atoms with Gasteiger partial charge in [-0.2, -0.15) is 0 Å². The molecule has 1 rings (SSSR count). The Morgan fingerprint density at radius 1 is 1.45 bits per heavy atom. The summed E-state index contributed by atoms with van der Waals surface area (Å²) in [7, 11) is 0. The smallest absolute Gasteiger partial charge is 0.143 e. The number of ketones is 2. The Balaban J connectivity index is 0.000001000. The van der Waals surface area contributed by atoms with Crippen LogP contribution >= 0.6 is 0 Å². The molecule has 0 aromatic heterocycles. The van der Waals surface area contributed by atoms with Crippen LogP contribution in [0.1, 0.15) is 32.6 Å². The summed E-state index contributed by atoms with van der Waals surface area (Å²) >= 11 is 0. The van der Waals surface area contributed by atoms with Crippen LogP contribution in [0.4, 0.5) is 0 Å². The van der Waals surface area contributed by atoms with Crippen molar-refractivity contribution in [3.63, 3.8) is 0 Å². The van der Waals surface area contributed by atoms with Crippen molar-refractivity contribution >= 4 is 11.6 Å². The summed E-state index contributed by atoms with van der Waals surface area (Å²) < 4.78 is 0. The zero-order valence-electron chi connectivity index (χ0n) is 6.72. The minimum absolute atomic E-state index is 0. The molecule has 3 heteroatoms. The molecule has 1 unspecified atom stereocenters. The Kier molecular flexibility index (Phi) is 5.07. The van der Waals surface area contributed by atoms with E-state index in [1.807, 2.05) is 0 Å². The predicted molar refractivity (Wildman–Crippen MR) is 37.6 cm³/mol. The average Bonchev–Trinajstić information content (AvgIpc) is 1.88. The summed E-state index contributed by atoms with van der Waals surface area (Å²) in [6, 6.07) is 0. The van der Waals surface area contributed by atoms with E-state index < -0.39 is 0 Å². The quantitative estimate of drug-likeness (QED) is 0.638. The fraction of sp³-hybridized carbons (Fsp3) is 0.750. The largest absolute Gasteiger partial charge is 0.299 e. The molecule has 1 aliphatic carbocycles. The molecule has 1 aliphatic rings. The van der Waals surface area contributed by atoms with Crippen molar-refractivity contribution in [1.29, 1.82) is 0 Å². The zero-order valence-corrected chi connectivity index (χ0v) is 9.18. The molecule has 0 heterocycles. The number of carbonyl (C=O) groups excluding carboxylic acids is 2. The molecule has 1 atom stereocenters. The van der Waals surface area contributed by atoms with Gasteiger partial charge in [-0.05, 0) is 19.8 Å². The molecule has 0 aliphatic heterocycles. The molecule has 0 saturated heterocycles. The Morgan fingerprint density at radius 2 is 2.09 bits per heavy atom. The van der Waals surface area contributed by atoms with Gasteiger partial charge in [0.2, 0.25) is 0 Å². The Morgan fingerprint density at radius 3 is 2.45 bits per heavy atom. The molecular weight excluding hydrogens is 219 g/mol. The van der Waals surface area contributed by atoms with Crippen LogP contribution in [0.25, 0.3) is 0 Å². The summed E-state index contributed by atoms with van der Waals surface area (Å²) in [6.07, 6.45) is 3.41. The second kappa shape index (κ2) is 4.97. The van der Waals surface area contributed by atoms with Crippen molar-refractivity contribution in [2.45, 2.75) is 32.6 Å². The van der Waals surface area contributed by atoms with Crippen LogP contribution < -0.4 is 0 Å². The van der Waals surface area contributed by atoms with E-state index in [4.69, 9.17) is 0 Å². The van der Waals surface area contributed by atoms with Gasteiger partial charge in [-0.3, -0.25) is 9.59 Å². The van der Waals surface area contributed by atoms with Gasteiger partial charge in [-0.1, -0.05) is 6.42 Å². The van der Waals surface area contributed by atoms with E-state index in [0.29, 0.717) is 6.42 Å². The summed E-state index contributed by atoms with van der Waals surface area (Å²) in [5.41, 5.74) is 0. The van der Waals surface area contributed by atoms with Crippen LogP contribution in [-0.4, -0.2) is 11.6 Å². The number of Topliss-reactive ketones (excluding diaryl/α,β-unsaturated/α-hetero) is 2. The number of carbonyl (C=O) groups is 2. The molecular formula is C8H12O2Zr. The van der Waals surface area contributed by atoms with Gasteiger partial charge < -0.3 is 0 Å². The third-order valence-electron chi connectivity index (χ3n) is 2.05. The van der Waals surface area contributed by atoms with E-state index in [9.17, 15) is 9.59 Å². The van der Waals surface area contributed by atoms with Gasteiger partial charge in [-0.25, -0.2) is 0 Å². The molecule has 1 saturated carbocycles. The molecule has 2 nitrogen and oxygen atoms in total. The first kappa shape index (κ1) is 11.2.